The van der Waals surface area contributed by atoms with Crippen LogP contribution in [0.5, 0.6) is 0 Å². The second-order valence-electron chi connectivity index (χ2n) is 6.34. The van der Waals surface area contributed by atoms with Crippen LogP contribution < -0.4 is 5.32 Å². The molecule has 0 saturated carbocycles. The number of carbonyl (C=O) groups is 1. The Bertz CT molecular complexity index is 443. The van der Waals surface area contributed by atoms with Gasteiger partial charge >= 0.3 is 0 Å². The number of hydrogen-bond donors (Lipinski definition) is 1. The second-order valence-corrected chi connectivity index (χ2v) is 6.34. The molecule has 1 fully saturated rings. The lowest BCUT2D eigenvalue weighted by atomic mass is 10.1. The molecule has 1 aliphatic heterocycles. The lowest BCUT2D eigenvalue weighted by Crippen LogP contribution is -2.30. The minimum absolute atomic E-state index is 0.0447. The van der Waals surface area contributed by atoms with Gasteiger partial charge in [-0.1, -0.05) is 5.21 Å². The summed E-state index contributed by atoms with van der Waals surface area (Å²) in [6, 6.07) is 0. The predicted octanol–water partition coefficient (Wildman–Crippen LogP) is 1.14. The maximum absolute atomic E-state index is 11.8. The fourth-order valence-electron chi connectivity index (χ4n) is 2.24. The van der Waals surface area contributed by atoms with Gasteiger partial charge in [-0.25, -0.2) is 4.68 Å². The summed E-state index contributed by atoms with van der Waals surface area (Å²) in [6.07, 6.45) is 4.81. The van der Waals surface area contributed by atoms with Crippen molar-refractivity contribution in [1.29, 1.82) is 0 Å². The van der Waals surface area contributed by atoms with Gasteiger partial charge in [0.15, 0.2) is 0 Å². The number of amides is 1. The van der Waals surface area contributed by atoms with E-state index in [0.29, 0.717) is 19.5 Å². The molecular weight excluding hydrogens is 254 g/mol. The second kappa shape index (κ2) is 6.35. The first-order valence-electron chi connectivity index (χ1n) is 7.37. The SMILES string of the molecule is CC(C)(C)n1cc(CNCCC(=O)N2CCCC2)nn1. The van der Waals surface area contributed by atoms with Crippen molar-refractivity contribution in [3.63, 3.8) is 0 Å². The monoisotopic (exact) mass is 279 g/mol. The zero-order chi connectivity index (χ0) is 14.6. The summed E-state index contributed by atoms with van der Waals surface area (Å²) in [4.78, 5) is 13.8. The Labute approximate surface area is 120 Å². The van der Waals surface area contributed by atoms with Gasteiger partial charge in [0.2, 0.25) is 5.91 Å². The van der Waals surface area contributed by atoms with E-state index in [1.165, 1.54) is 0 Å². The van der Waals surface area contributed by atoms with Gasteiger partial charge in [-0.05, 0) is 33.6 Å². The zero-order valence-electron chi connectivity index (χ0n) is 12.7. The average Bonchev–Trinajstić information content (AvgIpc) is 3.04. The number of rotatable bonds is 5. The first-order chi connectivity index (χ1) is 9.47. The van der Waals surface area contributed by atoms with Crippen LogP contribution in [0.25, 0.3) is 0 Å². The van der Waals surface area contributed by atoms with E-state index in [1.807, 2.05) is 15.8 Å². The number of nitrogens with one attached hydrogen (secondary N) is 1. The molecular formula is C14H25N5O. The van der Waals surface area contributed by atoms with Crippen molar-refractivity contribution in [3.05, 3.63) is 11.9 Å². The highest BCUT2D eigenvalue weighted by atomic mass is 16.2. The van der Waals surface area contributed by atoms with Crippen molar-refractivity contribution in [2.45, 2.75) is 52.1 Å². The predicted molar refractivity (Wildman–Crippen MR) is 77.2 cm³/mol. The standard InChI is InChI=1S/C14H25N5O/c1-14(2,3)19-11-12(16-17-19)10-15-7-6-13(20)18-8-4-5-9-18/h11,15H,4-10H2,1-3H3. The summed E-state index contributed by atoms with van der Waals surface area (Å²) in [7, 11) is 0. The molecule has 0 unspecified atom stereocenters. The molecule has 2 heterocycles. The smallest absolute Gasteiger partial charge is 0.223 e. The van der Waals surface area contributed by atoms with Crippen LogP contribution in [0.4, 0.5) is 0 Å². The average molecular weight is 279 g/mol. The molecule has 1 aromatic heterocycles. The minimum atomic E-state index is -0.0447. The van der Waals surface area contributed by atoms with Crippen LogP contribution in [-0.2, 0) is 16.9 Å². The van der Waals surface area contributed by atoms with Gasteiger partial charge in [0, 0.05) is 32.6 Å². The summed E-state index contributed by atoms with van der Waals surface area (Å²) in [5, 5.41) is 11.5. The van der Waals surface area contributed by atoms with Gasteiger partial charge in [-0.15, -0.1) is 5.10 Å². The Morgan fingerprint density at radius 2 is 2.05 bits per heavy atom. The number of aromatic nitrogens is 3. The molecule has 1 N–H and O–H groups in total. The van der Waals surface area contributed by atoms with E-state index in [2.05, 4.69) is 36.4 Å². The number of hydrogen-bond acceptors (Lipinski definition) is 4. The molecule has 1 amide bonds. The third-order valence-electron chi connectivity index (χ3n) is 3.51. The summed E-state index contributed by atoms with van der Waals surface area (Å²) < 4.78 is 1.86. The van der Waals surface area contributed by atoms with E-state index >= 15 is 0 Å². The van der Waals surface area contributed by atoms with Crippen LogP contribution in [0.1, 0.15) is 45.7 Å². The van der Waals surface area contributed by atoms with E-state index < -0.39 is 0 Å². The van der Waals surface area contributed by atoms with Crippen LogP contribution in [0, 0.1) is 0 Å². The highest BCUT2D eigenvalue weighted by Gasteiger charge is 2.17. The molecule has 0 aliphatic carbocycles. The van der Waals surface area contributed by atoms with Crippen LogP contribution in [0.15, 0.2) is 6.20 Å². The van der Waals surface area contributed by atoms with E-state index in [1.54, 1.807) is 0 Å². The molecule has 2 rings (SSSR count). The lowest BCUT2D eigenvalue weighted by Gasteiger charge is -2.17. The van der Waals surface area contributed by atoms with Crippen LogP contribution in [0.3, 0.4) is 0 Å². The number of likely N-dealkylation sites (tertiary alicyclic amines) is 1. The molecule has 0 aromatic carbocycles. The Morgan fingerprint density at radius 1 is 1.35 bits per heavy atom. The summed E-state index contributed by atoms with van der Waals surface area (Å²) in [5.74, 6) is 0.258. The molecule has 0 bridgehead atoms. The van der Waals surface area contributed by atoms with Crippen molar-refractivity contribution in [2.75, 3.05) is 19.6 Å². The quantitative estimate of drug-likeness (QED) is 0.821. The van der Waals surface area contributed by atoms with Gasteiger partial charge < -0.3 is 10.2 Å². The van der Waals surface area contributed by atoms with E-state index in [0.717, 1.165) is 31.6 Å². The Hall–Kier alpha value is -1.43. The number of carbonyl (C=O) groups excluding carboxylic acids is 1. The number of nitrogens with zero attached hydrogens (tertiary/aromatic N) is 4. The summed E-state index contributed by atoms with van der Waals surface area (Å²) in [5.41, 5.74) is 0.866. The van der Waals surface area contributed by atoms with Crippen LogP contribution >= 0.6 is 0 Å². The summed E-state index contributed by atoms with van der Waals surface area (Å²) >= 11 is 0. The molecule has 112 valence electrons. The normalized spacial score (nSPS) is 15.8. The van der Waals surface area contributed by atoms with Gasteiger partial charge in [0.25, 0.3) is 0 Å². The highest BCUT2D eigenvalue weighted by molar-refractivity contribution is 5.76. The maximum atomic E-state index is 11.8. The van der Waals surface area contributed by atoms with Crippen LogP contribution in [0.2, 0.25) is 0 Å². The molecule has 20 heavy (non-hydrogen) atoms. The third-order valence-corrected chi connectivity index (χ3v) is 3.51. The first-order valence-corrected chi connectivity index (χ1v) is 7.37. The highest BCUT2D eigenvalue weighted by Crippen LogP contribution is 2.11. The lowest BCUT2D eigenvalue weighted by molar-refractivity contribution is -0.130. The molecule has 0 atom stereocenters. The third kappa shape index (κ3) is 4.03. The zero-order valence-corrected chi connectivity index (χ0v) is 12.7. The van der Waals surface area contributed by atoms with Crippen molar-refractivity contribution in [2.24, 2.45) is 0 Å². The van der Waals surface area contributed by atoms with E-state index in [-0.39, 0.29) is 11.4 Å². The molecule has 6 heteroatoms. The molecule has 0 radical (unpaired) electrons. The summed E-state index contributed by atoms with van der Waals surface area (Å²) in [6.45, 7) is 9.48. The van der Waals surface area contributed by atoms with Gasteiger partial charge in [0.05, 0.1) is 17.4 Å². The molecule has 0 spiro atoms. The molecule has 1 saturated heterocycles. The molecule has 1 aliphatic rings. The van der Waals surface area contributed by atoms with E-state index in [9.17, 15) is 4.79 Å². The maximum Gasteiger partial charge on any atom is 0.223 e. The largest absolute Gasteiger partial charge is 0.343 e. The minimum Gasteiger partial charge on any atom is -0.343 e. The van der Waals surface area contributed by atoms with Gasteiger partial charge in [-0.2, -0.15) is 0 Å². The Morgan fingerprint density at radius 3 is 2.65 bits per heavy atom. The Kier molecular flexibility index (Phi) is 4.75. The van der Waals surface area contributed by atoms with Crippen LogP contribution in [-0.4, -0.2) is 45.4 Å². The fraction of sp³-hybridized carbons (Fsp3) is 0.786. The van der Waals surface area contributed by atoms with Crippen molar-refractivity contribution < 1.29 is 4.79 Å². The van der Waals surface area contributed by atoms with Crippen molar-refractivity contribution in [1.82, 2.24) is 25.2 Å². The van der Waals surface area contributed by atoms with Crippen molar-refractivity contribution >= 4 is 5.91 Å². The molecule has 6 nitrogen and oxygen atoms in total. The molecule has 1 aromatic rings. The Balaban J connectivity index is 1.68. The van der Waals surface area contributed by atoms with Gasteiger partial charge in [-0.3, -0.25) is 4.79 Å². The first kappa shape index (κ1) is 15.0. The topological polar surface area (TPSA) is 63.1 Å². The fourth-order valence-corrected chi connectivity index (χ4v) is 2.24. The van der Waals surface area contributed by atoms with Gasteiger partial charge in [0.1, 0.15) is 0 Å². The van der Waals surface area contributed by atoms with Crippen molar-refractivity contribution in [3.8, 4) is 0 Å². The van der Waals surface area contributed by atoms with E-state index in [4.69, 9.17) is 0 Å².